The molecule has 3 rings (SSSR count). The van der Waals surface area contributed by atoms with E-state index in [1.165, 1.54) is 6.33 Å². The van der Waals surface area contributed by atoms with Crippen molar-refractivity contribution >= 4 is 34.1 Å². The molecule has 0 aliphatic carbocycles. The van der Waals surface area contributed by atoms with Gasteiger partial charge in [0.15, 0.2) is 5.69 Å². The van der Waals surface area contributed by atoms with Gasteiger partial charge in [-0.3, -0.25) is 10.1 Å². The Balaban J connectivity index is 1.60. The molecule has 2 aromatic heterocycles. The van der Waals surface area contributed by atoms with Gasteiger partial charge in [0.05, 0.1) is 5.75 Å². The van der Waals surface area contributed by atoms with Crippen LogP contribution in [0.15, 0.2) is 41.8 Å². The van der Waals surface area contributed by atoms with Crippen LogP contribution in [0.4, 0.5) is 18.3 Å². The number of anilines is 1. The number of carbonyl (C=O) groups excluding carboxylic acids is 1. The summed E-state index contributed by atoms with van der Waals surface area (Å²) in [5.74, 6) is -0.545. The van der Waals surface area contributed by atoms with Gasteiger partial charge in [-0.2, -0.15) is 18.3 Å². The van der Waals surface area contributed by atoms with Crippen molar-refractivity contribution in [3.63, 3.8) is 0 Å². The predicted octanol–water partition coefficient (Wildman–Crippen LogP) is 2.29. The molecule has 3 aromatic rings. The van der Waals surface area contributed by atoms with Crippen LogP contribution in [0, 0.1) is 0 Å². The predicted molar refractivity (Wildman–Crippen MR) is 84.4 cm³/mol. The topological polar surface area (TPSA) is 87.4 Å². The zero-order valence-electron chi connectivity index (χ0n) is 12.3. The molecule has 1 amide bonds. The van der Waals surface area contributed by atoms with Crippen LogP contribution in [0.1, 0.15) is 5.01 Å². The number of hydrogen-bond acceptors (Lipinski definition) is 6. The van der Waals surface area contributed by atoms with Gasteiger partial charge in [0.25, 0.3) is 0 Å². The van der Waals surface area contributed by atoms with Crippen molar-refractivity contribution in [3.8, 4) is 5.69 Å². The van der Waals surface area contributed by atoms with Gasteiger partial charge in [0, 0.05) is 0 Å². The second-order valence-electron chi connectivity index (χ2n) is 4.59. The Morgan fingerprint density at radius 3 is 2.72 bits per heavy atom. The van der Waals surface area contributed by atoms with Crippen LogP contribution in [-0.2, 0) is 11.0 Å². The molecular weight excluding hydrogens is 377 g/mol. The van der Waals surface area contributed by atoms with Gasteiger partial charge in [-0.15, -0.1) is 14.9 Å². The lowest BCUT2D eigenvalue weighted by Crippen LogP contribution is -2.35. The smallest absolute Gasteiger partial charge is 0.300 e. The van der Waals surface area contributed by atoms with Crippen molar-refractivity contribution in [1.82, 2.24) is 20.3 Å². The third kappa shape index (κ3) is 4.33. The molecule has 0 saturated heterocycles. The third-order valence-electron chi connectivity index (χ3n) is 2.81. The first-order valence-corrected chi connectivity index (χ1v) is 8.58. The summed E-state index contributed by atoms with van der Waals surface area (Å²) in [7, 11) is 0. The van der Waals surface area contributed by atoms with Crippen LogP contribution < -0.4 is 10.00 Å². The number of rotatable bonds is 5. The number of amides is 1. The average Bonchev–Trinajstić information content (AvgIpc) is 3.22. The van der Waals surface area contributed by atoms with Crippen LogP contribution in [0.3, 0.4) is 0 Å². The third-order valence-corrected chi connectivity index (χ3v) is 4.65. The zero-order valence-corrected chi connectivity index (χ0v) is 14.0. The molecular formula is C13H10F3N6OS2+. The van der Waals surface area contributed by atoms with E-state index in [1.807, 2.05) is 30.3 Å². The van der Waals surface area contributed by atoms with E-state index in [4.69, 9.17) is 0 Å². The van der Waals surface area contributed by atoms with Gasteiger partial charge in [0.1, 0.15) is 0 Å². The fourth-order valence-electron chi connectivity index (χ4n) is 1.79. The second-order valence-corrected chi connectivity index (χ2v) is 6.51. The Kier molecular flexibility index (Phi) is 4.99. The van der Waals surface area contributed by atoms with Crippen LogP contribution in [0.5, 0.6) is 0 Å². The van der Waals surface area contributed by atoms with Crippen LogP contribution in [0.25, 0.3) is 5.69 Å². The average molecular weight is 387 g/mol. The lowest BCUT2D eigenvalue weighted by molar-refractivity contribution is -0.694. The van der Waals surface area contributed by atoms with Crippen LogP contribution >= 0.6 is 23.1 Å². The number of hydrogen-bond donors (Lipinski definition) is 2. The number of nitrogens with zero attached hydrogens (tertiary/aromatic N) is 4. The Morgan fingerprint density at radius 1 is 1.28 bits per heavy atom. The number of benzene rings is 1. The highest BCUT2D eigenvalue weighted by Crippen LogP contribution is 2.33. The summed E-state index contributed by atoms with van der Waals surface area (Å²) in [5, 5.41) is 10.8. The molecule has 0 unspecified atom stereocenters. The van der Waals surface area contributed by atoms with Crippen molar-refractivity contribution in [2.24, 2.45) is 0 Å². The first-order valence-electron chi connectivity index (χ1n) is 6.77. The van der Waals surface area contributed by atoms with E-state index < -0.39 is 17.1 Å². The van der Waals surface area contributed by atoms with Gasteiger partial charge in [-0.25, -0.2) is 0 Å². The summed E-state index contributed by atoms with van der Waals surface area (Å²) in [5.41, 5.74) is 0.835. The van der Waals surface area contributed by atoms with E-state index in [0.29, 0.717) is 5.16 Å². The van der Waals surface area contributed by atoms with Gasteiger partial charge in [-0.1, -0.05) is 29.5 Å². The van der Waals surface area contributed by atoms with E-state index in [-0.39, 0.29) is 22.2 Å². The number of para-hydroxylation sites is 1. The van der Waals surface area contributed by atoms with E-state index in [9.17, 15) is 18.0 Å². The lowest BCUT2D eigenvalue weighted by atomic mass is 10.3. The molecule has 25 heavy (non-hydrogen) atoms. The highest BCUT2D eigenvalue weighted by atomic mass is 32.2. The molecule has 0 saturated carbocycles. The monoisotopic (exact) mass is 387 g/mol. The highest BCUT2D eigenvalue weighted by Gasteiger charge is 2.35. The molecule has 1 aromatic carbocycles. The van der Waals surface area contributed by atoms with Gasteiger partial charge in [0.2, 0.25) is 22.4 Å². The molecule has 0 spiro atoms. The standard InChI is InChI=1S/C13H9F3N6OS2/c14-13(15,16)10-20-21-11(25-10)19-9(23)6-24-12-17-7-18-22(12)8-4-2-1-3-5-8/h1-5,7H,6H2,(H,19,21,23)/p+1. The second kappa shape index (κ2) is 7.19. The quantitative estimate of drug-likeness (QED) is 0.518. The molecule has 0 aliphatic rings. The summed E-state index contributed by atoms with van der Waals surface area (Å²) in [6.45, 7) is 0. The minimum atomic E-state index is -4.58. The zero-order chi connectivity index (χ0) is 17.9. The van der Waals surface area contributed by atoms with Crippen molar-refractivity contribution in [1.29, 1.82) is 0 Å². The number of halogens is 3. The first kappa shape index (κ1) is 17.4. The molecule has 0 fully saturated rings. The molecule has 2 heterocycles. The molecule has 0 atom stereocenters. The molecule has 7 nitrogen and oxygen atoms in total. The maximum absolute atomic E-state index is 12.5. The summed E-state index contributed by atoms with van der Waals surface area (Å²) >= 11 is 1.41. The van der Waals surface area contributed by atoms with Gasteiger partial charge >= 0.3 is 11.3 Å². The number of alkyl halides is 3. The van der Waals surface area contributed by atoms with Crippen LogP contribution in [-0.4, -0.2) is 31.9 Å². The summed E-state index contributed by atoms with van der Waals surface area (Å²) in [4.78, 5) is 16.0. The first-order chi connectivity index (χ1) is 11.9. The number of thioether (sulfide) groups is 1. The lowest BCUT2D eigenvalue weighted by Gasteiger charge is -2.00. The van der Waals surface area contributed by atoms with E-state index in [2.05, 4.69) is 25.6 Å². The fraction of sp³-hybridized carbons (Fsp3) is 0.154. The minimum absolute atomic E-state index is 0.0430. The number of aromatic amines is 1. The summed E-state index contributed by atoms with van der Waals surface area (Å²) in [6, 6.07) is 9.32. The molecule has 0 radical (unpaired) electrons. The molecule has 12 heteroatoms. The van der Waals surface area contributed by atoms with E-state index in [0.717, 1.165) is 17.4 Å². The van der Waals surface area contributed by atoms with Gasteiger partial charge < -0.3 is 0 Å². The molecule has 130 valence electrons. The molecule has 0 bridgehead atoms. The SMILES string of the molecule is O=C(CSc1nc[nH][n+]1-c1ccccc1)Nc1nnc(C(F)(F)F)s1. The fourth-order valence-corrected chi connectivity index (χ4v) is 3.17. The van der Waals surface area contributed by atoms with E-state index in [1.54, 1.807) is 4.68 Å². The number of nitrogens with one attached hydrogen (secondary N) is 2. The number of aromatic nitrogens is 5. The number of H-pyrrole nitrogens is 1. The maximum Gasteiger partial charge on any atom is 0.445 e. The number of carbonyl (C=O) groups is 1. The van der Waals surface area contributed by atoms with Gasteiger partial charge in [-0.05, 0) is 28.9 Å². The van der Waals surface area contributed by atoms with Crippen molar-refractivity contribution in [2.75, 3.05) is 11.1 Å². The normalized spacial score (nSPS) is 11.5. The highest BCUT2D eigenvalue weighted by molar-refractivity contribution is 7.99. The Morgan fingerprint density at radius 2 is 2.04 bits per heavy atom. The Labute approximate surface area is 147 Å². The van der Waals surface area contributed by atoms with E-state index >= 15 is 0 Å². The Hall–Kier alpha value is -2.47. The summed E-state index contributed by atoms with van der Waals surface area (Å²) in [6.07, 6.45) is -3.10. The molecule has 2 N–H and O–H groups in total. The minimum Gasteiger partial charge on any atom is -0.300 e. The van der Waals surface area contributed by atoms with Crippen LogP contribution in [0.2, 0.25) is 0 Å². The Bertz CT molecular complexity index is 864. The summed E-state index contributed by atoms with van der Waals surface area (Å²) < 4.78 is 39.0. The van der Waals surface area contributed by atoms with Crippen molar-refractivity contribution in [2.45, 2.75) is 11.3 Å². The maximum atomic E-state index is 12.5. The van der Waals surface area contributed by atoms with Crippen molar-refractivity contribution in [3.05, 3.63) is 41.7 Å². The largest absolute Gasteiger partial charge is 0.445 e. The molecule has 0 aliphatic heterocycles. The van der Waals surface area contributed by atoms with Crippen molar-refractivity contribution < 1.29 is 22.6 Å².